The minimum Gasteiger partial charge on any atom is -0.371 e. The fraction of sp³-hybridized carbons (Fsp3) is 0.444. The van der Waals surface area contributed by atoms with Gasteiger partial charge in [0.1, 0.15) is 0 Å². The van der Waals surface area contributed by atoms with Crippen LogP contribution in [0.5, 0.6) is 0 Å². The number of ether oxygens (including phenoxy) is 1. The molecule has 3 nitrogen and oxygen atoms in total. The fourth-order valence-corrected chi connectivity index (χ4v) is 1.23. The van der Waals surface area contributed by atoms with Crippen molar-refractivity contribution >= 4 is 0 Å². The second kappa shape index (κ2) is 3.37. The molecule has 0 aliphatic carbocycles. The van der Waals surface area contributed by atoms with Crippen molar-refractivity contribution in [2.24, 2.45) is 0 Å². The van der Waals surface area contributed by atoms with Crippen LogP contribution in [-0.2, 0) is 17.5 Å². The van der Waals surface area contributed by atoms with Gasteiger partial charge in [-0.3, -0.25) is 4.79 Å². The molecule has 1 unspecified atom stereocenters. The van der Waals surface area contributed by atoms with Gasteiger partial charge in [-0.2, -0.15) is 13.2 Å². The molecule has 1 aromatic rings. The van der Waals surface area contributed by atoms with E-state index in [1.54, 1.807) is 0 Å². The molecule has 0 N–H and O–H groups in total. The molecule has 1 aliphatic heterocycles. The maximum absolute atomic E-state index is 12.3. The molecule has 6 heteroatoms. The molecule has 1 aliphatic rings. The summed E-state index contributed by atoms with van der Waals surface area (Å²) < 4.78 is 42.8. The van der Waals surface area contributed by atoms with Gasteiger partial charge in [0.25, 0.3) is 5.56 Å². The first-order valence-corrected chi connectivity index (χ1v) is 4.36. The summed E-state index contributed by atoms with van der Waals surface area (Å²) in [6.07, 6.45) is -3.71. The zero-order valence-corrected chi connectivity index (χ0v) is 7.62. The van der Waals surface area contributed by atoms with E-state index in [0.717, 1.165) is 22.9 Å². The minimum atomic E-state index is -4.42. The van der Waals surface area contributed by atoms with Crippen molar-refractivity contribution in [3.05, 3.63) is 34.2 Å². The maximum atomic E-state index is 12.3. The number of alkyl halides is 3. The lowest BCUT2D eigenvalue weighted by Gasteiger charge is -2.09. The lowest BCUT2D eigenvalue weighted by atomic mass is 10.2. The number of rotatable bonds is 2. The molecule has 0 spiro atoms. The Balaban J connectivity index is 2.31. The molecule has 2 heterocycles. The van der Waals surface area contributed by atoms with E-state index < -0.39 is 17.3 Å². The first kappa shape index (κ1) is 10.2. The standard InChI is InChI=1S/C9H8F3NO2/c10-9(11,12)6-1-2-8(14)13(3-6)4-7-5-15-7/h1-3,7H,4-5H2. The summed E-state index contributed by atoms with van der Waals surface area (Å²) >= 11 is 0. The number of nitrogens with zero attached hydrogens (tertiary/aromatic N) is 1. The molecule has 82 valence electrons. The van der Waals surface area contributed by atoms with E-state index in [0.29, 0.717) is 6.61 Å². The van der Waals surface area contributed by atoms with E-state index >= 15 is 0 Å². The number of epoxide rings is 1. The van der Waals surface area contributed by atoms with Crippen LogP contribution in [0.3, 0.4) is 0 Å². The molecule has 0 amide bonds. The number of pyridine rings is 1. The van der Waals surface area contributed by atoms with Crippen LogP contribution in [-0.4, -0.2) is 17.3 Å². The number of aromatic nitrogens is 1. The number of hydrogen-bond acceptors (Lipinski definition) is 2. The predicted molar refractivity (Wildman–Crippen MR) is 45.4 cm³/mol. The Morgan fingerprint density at radius 3 is 2.67 bits per heavy atom. The molecule has 0 radical (unpaired) electrons. The van der Waals surface area contributed by atoms with Crippen LogP contribution in [0.4, 0.5) is 13.2 Å². The van der Waals surface area contributed by atoms with E-state index in [1.807, 2.05) is 0 Å². The van der Waals surface area contributed by atoms with Gasteiger partial charge < -0.3 is 9.30 Å². The van der Waals surface area contributed by atoms with Gasteiger partial charge in [0.2, 0.25) is 0 Å². The lowest BCUT2D eigenvalue weighted by molar-refractivity contribution is -0.138. The molecule has 0 aromatic carbocycles. The van der Waals surface area contributed by atoms with Crippen molar-refractivity contribution in [1.82, 2.24) is 4.57 Å². The van der Waals surface area contributed by atoms with Crippen molar-refractivity contribution in [1.29, 1.82) is 0 Å². The van der Waals surface area contributed by atoms with Gasteiger partial charge in [-0.25, -0.2) is 0 Å². The zero-order chi connectivity index (χ0) is 11.1. The maximum Gasteiger partial charge on any atom is 0.417 e. The third kappa shape index (κ3) is 2.38. The van der Waals surface area contributed by atoms with Gasteiger partial charge in [-0.15, -0.1) is 0 Å². The predicted octanol–water partition coefficient (Wildman–Crippen LogP) is 1.27. The molecule has 1 atom stereocenters. The van der Waals surface area contributed by atoms with E-state index in [4.69, 9.17) is 4.74 Å². The summed E-state index contributed by atoms with van der Waals surface area (Å²) in [5, 5.41) is 0. The molecule has 1 saturated heterocycles. The van der Waals surface area contributed by atoms with Crippen molar-refractivity contribution < 1.29 is 17.9 Å². The molecule has 0 bridgehead atoms. The SMILES string of the molecule is O=c1ccc(C(F)(F)F)cn1CC1CO1. The number of hydrogen-bond donors (Lipinski definition) is 0. The quantitative estimate of drug-likeness (QED) is 0.702. The van der Waals surface area contributed by atoms with Crippen LogP contribution >= 0.6 is 0 Å². The van der Waals surface area contributed by atoms with E-state index in [9.17, 15) is 18.0 Å². The van der Waals surface area contributed by atoms with Gasteiger partial charge in [0, 0.05) is 12.3 Å². The number of halogens is 3. The summed E-state index contributed by atoms with van der Waals surface area (Å²) in [6, 6.07) is 1.71. The van der Waals surface area contributed by atoms with Crippen LogP contribution in [0.25, 0.3) is 0 Å². The Hall–Kier alpha value is -1.30. The molecular weight excluding hydrogens is 211 g/mol. The second-order valence-corrected chi connectivity index (χ2v) is 3.36. The summed E-state index contributed by atoms with van der Waals surface area (Å²) in [4.78, 5) is 11.2. The third-order valence-electron chi connectivity index (χ3n) is 2.11. The van der Waals surface area contributed by atoms with Crippen LogP contribution in [0.15, 0.2) is 23.1 Å². The fourth-order valence-electron chi connectivity index (χ4n) is 1.23. The third-order valence-corrected chi connectivity index (χ3v) is 2.11. The van der Waals surface area contributed by atoms with Crippen molar-refractivity contribution in [2.45, 2.75) is 18.8 Å². The lowest BCUT2D eigenvalue weighted by Crippen LogP contribution is -2.23. The van der Waals surface area contributed by atoms with E-state index in [1.165, 1.54) is 0 Å². The molecule has 0 saturated carbocycles. The average molecular weight is 219 g/mol. The highest BCUT2D eigenvalue weighted by Crippen LogP contribution is 2.28. The summed E-state index contributed by atoms with van der Waals surface area (Å²) in [5.74, 6) is 0. The smallest absolute Gasteiger partial charge is 0.371 e. The van der Waals surface area contributed by atoms with Gasteiger partial charge >= 0.3 is 6.18 Å². The van der Waals surface area contributed by atoms with Crippen LogP contribution in [0, 0.1) is 0 Å². The molecule has 1 aromatic heterocycles. The van der Waals surface area contributed by atoms with Crippen LogP contribution in [0.1, 0.15) is 5.56 Å². The highest BCUT2D eigenvalue weighted by Gasteiger charge is 2.31. The molecule has 15 heavy (non-hydrogen) atoms. The molecule has 1 fully saturated rings. The molecule has 2 rings (SSSR count). The second-order valence-electron chi connectivity index (χ2n) is 3.36. The largest absolute Gasteiger partial charge is 0.417 e. The van der Waals surface area contributed by atoms with Crippen LogP contribution in [0.2, 0.25) is 0 Å². The zero-order valence-electron chi connectivity index (χ0n) is 7.62. The topological polar surface area (TPSA) is 34.5 Å². The Morgan fingerprint density at radius 2 is 2.13 bits per heavy atom. The van der Waals surface area contributed by atoms with Crippen LogP contribution < -0.4 is 5.56 Å². The van der Waals surface area contributed by atoms with Gasteiger partial charge in [0.15, 0.2) is 0 Å². The van der Waals surface area contributed by atoms with Crippen molar-refractivity contribution in [2.75, 3.05) is 6.61 Å². The highest BCUT2D eigenvalue weighted by molar-refractivity contribution is 5.13. The molecular formula is C9H8F3NO2. The Labute approximate surface area is 83.1 Å². The normalized spacial score (nSPS) is 20.3. The first-order chi connectivity index (χ1) is 6.97. The average Bonchev–Trinajstić information content (AvgIpc) is 2.90. The van der Waals surface area contributed by atoms with E-state index in [-0.39, 0.29) is 12.6 Å². The van der Waals surface area contributed by atoms with Gasteiger partial charge in [-0.1, -0.05) is 0 Å². The first-order valence-electron chi connectivity index (χ1n) is 4.36. The van der Waals surface area contributed by atoms with Crippen molar-refractivity contribution in [3.8, 4) is 0 Å². The monoisotopic (exact) mass is 219 g/mol. The minimum absolute atomic E-state index is 0.119. The van der Waals surface area contributed by atoms with Gasteiger partial charge in [0.05, 0.1) is 24.8 Å². The Bertz CT molecular complexity index is 420. The summed E-state index contributed by atoms with van der Waals surface area (Å²) in [5.41, 5.74) is -1.26. The highest BCUT2D eigenvalue weighted by atomic mass is 19.4. The Morgan fingerprint density at radius 1 is 1.47 bits per heavy atom. The van der Waals surface area contributed by atoms with Crippen molar-refractivity contribution in [3.63, 3.8) is 0 Å². The summed E-state index contributed by atoms with van der Waals surface area (Å²) in [6.45, 7) is 0.686. The summed E-state index contributed by atoms with van der Waals surface area (Å²) in [7, 11) is 0. The van der Waals surface area contributed by atoms with E-state index in [2.05, 4.69) is 0 Å². The Kier molecular flexibility index (Phi) is 2.30. The van der Waals surface area contributed by atoms with Gasteiger partial charge in [-0.05, 0) is 6.07 Å².